The van der Waals surface area contributed by atoms with Gasteiger partial charge in [0.25, 0.3) is 0 Å². The Kier molecular flexibility index (Phi) is 7.03. The van der Waals surface area contributed by atoms with Gasteiger partial charge in [-0.3, -0.25) is 4.90 Å². The van der Waals surface area contributed by atoms with Crippen LogP contribution < -0.4 is 4.90 Å². The van der Waals surface area contributed by atoms with Gasteiger partial charge in [0.1, 0.15) is 0 Å². The van der Waals surface area contributed by atoms with Gasteiger partial charge in [-0.15, -0.1) is 0 Å². The summed E-state index contributed by atoms with van der Waals surface area (Å²) < 4.78 is 6.52. The molecule has 1 saturated heterocycles. The Morgan fingerprint density at radius 1 is 0.853 bits per heavy atom. The largest absolute Gasteiger partial charge is 0.371 e. The molecule has 1 spiro atoms. The highest BCUT2D eigenvalue weighted by Gasteiger charge is 2.43. The predicted octanol–water partition coefficient (Wildman–Crippen LogP) is 6.73. The van der Waals surface area contributed by atoms with E-state index in [1.165, 1.54) is 23.2 Å². The number of ether oxygens (including phenoxy) is 1. The van der Waals surface area contributed by atoms with E-state index in [2.05, 4.69) is 103 Å². The fraction of sp³-hybridized carbons (Fsp3) is 0.419. The van der Waals surface area contributed by atoms with Crippen molar-refractivity contribution in [1.29, 1.82) is 0 Å². The molecule has 0 amide bonds. The standard InChI is InChI=1S/C31H38N2O/c1-3-11-30(26-13-5-4-6-14-26)34-24-27-15-8-10-17-29(27)33-22-19-31(20-23-33)28-16-9-7-12-25(28)18-21-32(31)2/h4-10,12-17,30H,3,11,18-24H2,1-2H3. The second-order valence-electron chi connectivity index (χ2n) is 9.98. The topological polar surface area (TPSA) is 15.7 Å². The first-order valence-electron chi connectivity index (χ1n) is 13.0. The molecule has 1 atom stereocenters. The van der Waals surface area contributed by atoms with Gasteiger partial charge in [0.15, 0.2) is 0 Å². The van der Waals surface area contributed by atoms with Crippen LogP contribution in [0.15, 0.2) is 78.9 Å². The number of piperidine rings is 1. The van der Waals surface area contributed by atoms with Crippen molar-refractivity contribution in [1.82, 2.24) is 4.90 Å². The lowest BCUT2D eigenvalue weighted by Crippen LogP contribution is -2.54. The number of hydrogen-bond acceptors (Lipinski definition) is 3. The second kappa shape index (κ2) is 10.3. The van der Waals surface area contributed by atoms with Gasteiger partial charge in [-0.25, -0.2) is 0 Å². The Balaban J connectivity index is 1.31. The molecule has 0 N–H and O–H groups in total. The van der Waals surface area contributed by atoms with Gasteiger partial charge in [-0.05, 0) is 55.5 Å². The van der Waals surface area contributed by atoms with Crippen LogP contribution in [0.3, 0.4) is 0 Å². The van der Waals surface area contributed by atoms with Crippen LogP contribution in [0.5, 0.6) is 0 Å². The third kappa shape index (κ3) is 4.52. The number of hydrogen-bond donors (Lipinski definition) is 0. The first-order valence-corrected chi connectivity index (χ1v) is 13.0. The molecule has 0 aliphatic carbocycles. The zero-order chi connectivity index (χ0) is 23.4. The average Bonchev–Trinajstić information content (AvgIpc) is 2.90. The van der Waals surface area contributed by atoms with Crippen LogP contribution in [-0.2, 0) is 23.3 Å². The first kappa shape index (κ1) is 23.1. The molecule has 2 aliphatic rings. The Morgan fingerprint density at radius 3 is 2.35 bits per heavy atom. The van der Waals surface area contributed by atoms with E-state index < -0.39 is 0 Å². The zero-order valence-electron chi connectivity index (χ0n) is 20.7. The third-order valence-electron chi connectivity index (χ3n) is 8.05. The third-order valence-corrected chi connectivity index (χ3v) is 8.05. The maximum atomic E-state index is 6.52. The molecule has 3 aromatic rings. The van der Waals surface area contributed by atoms with Gasteiger partial charge in [0.05, 0.1) is 12.7 Å². The Hall–Kier alpha value is -2.62. The summed E-state index contributed by atoms with van der Waals surface area (Å²) in [4.78, 5) is 5.21. The summed E-state index contributed by atoms with van der Waals surface area (Å²) in [5, 5.41) is 0. The molecule has 178 valence electrons. The van der Waals surface area contributed by atoms with Crippen LogP contribution in [0.1, 0.15) is 61.0 Å². The highest BCUT2D eigenvalue weighted by atomic mass is 16.5. The highest BCUT2D eigenvalue weighted by molar-refractivity contribution is 5.54. The molecule has 3 nitrogen and oxygen atoms in total. The number of likely N-dealkylation sites (N-methyl/N-ethyl adjacent to an activating group) is 1. The van der Waals surface area contributed by atoms with Crippen molar-refractivity contribution in [2.45, 2.75) is 57.3 Å². The number of fused-ring (bicyclic) bond motifs is 2. The minimum absolute atomic E-state index is 0.149. The second-order valence-corrected chi connectivity index (χ2v) is 9.98. The molecule has 0 radical (unpaired) electrons. The van der Waals surface area contributed by atoms with Crippen LogP contribution in [0.2, 0.25) is 0 Å². The van der Waals surface area contributed by atoms with Crippen molar-refractivity contribution < 1.29 is 4.74 Å². The van der Waals surface area contributed by atoms with Gasteiger partial charge < -0.3 is 9.64 Å². The molecule has 1 fully saturated rings. The van der Waals surface area contributed by atoms with Crippen LogP contribution in [0.25, 0.3) is 0 Å². The number of para-hydroxylation sites is 1. The maximum Gasteiger partial charge on any atom is 0.0829 e. The maximum absolute atomic E-state index is 6.52. The normalized spacial score (nSPS) is 18.6. The van der Waals surface area contributed by atoms with E-state index in [4.69, 9.17) is 4.74 Å². The number of benzene rings is 3. The molecule has 3 heteroatoms. The van der Waals surface area contributed by atoms with Gasteiger partial charge in [-0.2, -0.15) is 0 Å². The summed E-state index contributed by atoms with van der Waals surface area (Å²) in [6.45, 7) is 6.19. The zero-order valence-corrected chi connectivity index (χ0v) is 20.7. The molecule has 3 aromatic carbocycles. The minimum atomic E-state index is 0.149. The Labute approximate surface area is 205 Å². The lowest BCUT2D eigenvalue weighted by Gasteiger charge is -2.51. The van der Waals surface area contributed by atoms with Crippen LogP contribution in [0.4, 0.5) is 5.69 Å². The average molecular weight is 455 g/mol. The summed E-state index contributed by atoms with van der Waals surface area (Å²) in [5.41, 5.74) is 7.20. The van der Waals surface area contributed by atoms with Crippen LogP contribution in [-0.4, -0.2) is 31.6 Å². The summed E-state index contributed by atoms with van der Waals surface area (Å²) >= 11 is 0. The number of rotatable bonds is 7. The SMILES string of the molecule is CCCC(OCc1ccccc1N1CCC2(CC1)c1ccccc1CCN2C)c1ccccc1. The van der Waals surface area contributed by atoms with E-state index >= 15 is 0 Å². The molecule has 5 rings (SSSR count). The van der Waals surface area contributed by atoms with E-state index in [9.17, 15) is 0 Å². The van der Waals surface area contributed by atoms with E-state index in [1.54, 1.807) is 11.1 Å². The molecule has 2 aliphatic heterocycles. The van der Waals surface area contributed by atoms with Crippen LogP contribution in [0, 0.1) is 0 Å². The van der Waals surface area contributed by atoms with E-state index in [0.29, 0.717) is 6.61 Å². The molecule has 2 heterocycles. The molecular weight excluding hydrogens is 416 g/mol. The smallest absolute Gasteiger partial charge is 0.0829 e. The van der Waals surface area contributed by atoms with E-state index in [-0.39, 0.29) is 11.6 Å². The van der Waals surface area contributed by atoms with Crippen molar-refractivity contribution in [3.05, 3.63) is 101 Å². The molecular formula is C31H38N2O. The predicted molar refractivity (Wildman–Crippen MR) is 141 cm³/mol. The summed E-state index contributed by atoms with van der Waals surface area (Å²) in [5.74, 6) is 0. The van der Waals surface area contributed by atoms with Crippen molar-refractivity contribution in [2.24, 2.45) is 0 Å². The fourth-order valence-corrected chi connectivity index (χ4v) is 6.08. The highest BCUT2D eigenvalue weighted by Crippen LogP contribution is 2.43. The number of anilines is 1. The van der Waals surface area contributed by atoms with E-state index in [1.807, 2.05) is 0 Å². The first-order chi connectivity index (χ1) is 16.7. The Bertz CT molecular complexity index is 1070. The summed E-state index contributed by atoms with van der Waals surface area (Å²) in [6.07, 6.45) is 5.81. The van der Waals surface area contributed by atoms with Gasteiger partial charge in [0, 0.05) is 36.4 Å². The lowest BCUT2D eigenvalue weighted by molar-refractivity contribution is 0.0334. The van der Waals surface area contributed by atoms with Crippen LogP contribution >= 0.6 is 0 Å². The molecule has 1 unspecified atom stereocenters. The van der Waals surface area contributed by atoms with Crippen molar-refractivity contribution in [2.75, 3.05) is 31.6 Å². The number of nitrogens with zero attached hydrogens (tertiary/aromatic N) is 2. The monoisotopic (exact) mass is 454 g/mol. The van der Waals surface area contributed by atoms with Gasteiger partial charge in [-0.1, -0.05) is 86.1 Å². The molecule has 0 aromatic heterocycles. The van der Waals surface area contributed by atoms with Gasteiger partial charge >= 0.3 is 0 Å². The summed E-state index contributed by atoms with van der Waals surface area (Å²) in [6, 6.07) is 28.7. The van der Waals surface area contributed by atoms with Gasteiger partial charge in [0.2, 0.25) is 0 Å². The van der Waals surface area contributed by atoms with Crippen molar-refractivity contribution in [3.63, 3.8) is 0 Å². The molecule has 0 bridgehead atoms. The van der Waals surface area contributed by atoms with E-state index in [0.717, 1.165) is 45.3 Å². The molecule has 34 heavy (non-hydrogen) atoms. The Morgan fingerprint density at radius 2 is 1.56 bits per heavy atom. The minimum Gasteiger partial charge on any atom is -0.371 e. The van der Waals surface area contributed by atoms with Crippen molar-refractivity contribution in [3.8, 4) is 0 Å². The quantitative estimate of drug-likeness (QED) is 0.394. The summed E-state index contributed by atoms with van der Waals surface area (Å²) in [7, 11) is 2.32. The molecule has 0 saturated carbocycles. The fourth-order valence-electron chi connectivity index (χ4n) is 6.08. The lowest BCUT2D eigenvalue weighted by atomic mass is 9.74. The van der Waals surface area contributed by atoms with Crippen molar-refractivity contribution >= 4 is 5.69 Å².